The van der Waals surface area contributed by atoms with E-state index in [4.69, 9.17) is 0 Å². The first-order chi connectivity index (χ1) is 20.9. The molecule has 0 unspecified atom stereocenters. The molecule has 226 valence electrons. The molecule has 0 saturated carbocycles. The number of hydrogen-bond acceptors (Lipinski definition) is 5. The molecule has 0 aliphatic rings. The fourth-order valence-electron chi connectivity index (χ4n) is 6.11. The van der Waals surface area contributed by atoms with E-state index >= 15 is 0 Å². The number of hydrogen-bond donors (Lipinski definition) is 5. The highest BCUT2D eigenvalue weighted by Crippen LogP contribution is 2.35. The van der Waals surface area contributed by atoms with Crippen LogP contribution in [0.3, 0.4) is 0 Å². The molecule has 0 atom stereocenters. The second-order valence-electron chi connectivity index (χ2n) is 12.2. The molecule has 0 aliphatic carbocycles. The maximum atomic E-state index is 11.5. The summed E-state index contributed by atoms with van der Waals surface area (Å²) in [6, 6.07) is 22.7. The van der Waals surface area contributed by atoms with Gasteiger partial charge in [-0.15, -0.1) is 0 Å². The highest BCUT2D eigenvalue weighted by Gasteiger charge is 2.16. The lowest BCUT2D eigenvalue weighted by molar-refractivity contribution is 0.459. The molecule has 0 aliphatic heterocycles. The molecule has 5 aromatic rings. The van der Waals surface area contributed by atoms with Gasteiger partial charge in [0.05, 0.1) is 0 Å². The van der Waals surface area contributed by atoms with Gasteiger partial charge in [0.2, 0.25) is 0 Å². The van der Waals surface area contributed by atoms with Gasteiger partial charge in [0.25, 0.3) is 0 Å². The van der Waals surface area contributed by atoms with E-state index in [0.29, 0.717) is 25.7 Å². The van der Waals surface area contributed by atoms with Crippen LogP contribution in [0.4, 0.5) is 0 Å². The van der Waals surface area contributed by atoms with Crippen LogP contribution < -0.4 is 0 Å². The molecule has 0 fully saturated rings. The van der Waals surface area contributed by atoms with Crippen LogP contribution in [-0.4, -0.2) is 25.5 Å². The Kier molecular flexibility index (Phi) is 8.59. The van der Waals surface area contributed by atoms with Gasteiger partial charge in [0.15, 0.2) is 0 Å². The molecule has 0 amide bonds. The van der Waals surface area contributed by atoms with Gasteiger partial charge < -0.3 is 25.5 Å². The number of aryl methyl sites for hydroxylation is 5. The number of phenolic OH excluding ortho intramolecular Hbond substituents is 5. The van der Waals surface area contributed by atoms with Crippen molar-refractivity contribution in [1.29, 1.82) is 0 Å². The molecule has 0 bridgehead atoms. The van der Waals surface area contributed by atoms with Crippen LogP contribution >= 0.6 is 0 Å². The van der Waals surface area contributed by atoms with Crippen LogP contribution in [0.1, 0.15) is 72.3 Å². The van der Waals surface area contributed by atoms with E-state index in [-0.39, 0.29) is 28.7 Å². The first-order valence-electron chi connectivity index (χ1n) is 14.9. The first kappa shape index (κ1) is 30.6. The Morgan fingerprint density at radius 3 is 1.14 bits per heavy atom. The summed E-state index contributed by atoms with van der Waals surface area (Å²) in [5.41, 5.74) is 11.0. The van der Waals surface area contributed by atoms with E-state index < -0.39 is 0 Å². The molecule has 44 heavy (non-hydrogen) atoms. The normalized spacial score (nSPS) is 11.2. The second-order valence-corrected chi connectivity index (χ2v) is 12.2. The molecule has 0 radical (unpaired) electrons. The van der Waals surface area contributed by atoms with Gasteiger partial charge in [-0.05, 0) is 102 Å². The minimum atomic E-state index is 0.197. The van der Waals surface area contributed by atoms with E-state index in [0.717, 1.165) is 72.3 Å². The third kappa shape index (κ3) is 6.68. The van der Waals surface area contributed by atoms with Gasteiger partial charge in [-0.25, -0.2) is 0 Å². The molecular formula is C39H40O5. The van der Waals surface area contributed by atoms with Crippen LogP contribution in [0.25, 0.3) is 0 Å². The zero-order chi connectivity index (χ0) is 31.7. The molecule has 5 heteroatoms. The van der Waals surface area contributed by atoms with Crippen molar-refractivity contribution in [2.75, 3.05) is 0 Å². The fourth-order valence-corrected chi connectivity index (χ4v) is 6.11. The third-order valence-electron chi connectivity index (χ3n) is 8.31. The summed E-state index contributed by atoms with van der Waals surface area (Å²) >= 11 is 0. The molecule has 0 aromatic heterocycles. The minimum absolute atomic E-state index is 0.197. The van der Waals surface area contributed by atoms with Crippen molar-refractivity contribution in [3.63, 3.8) is 0 Å². The summed E-state index contributed by atoms with van der Waals surface area (Å²) in [5, 5.41) is 53.9. The summed E-state index contributed by atoms with van der Waals surface area (Å²) < 4.78 is 0. The predicted octanol–water partition coefficient (Wildman–Crippen LogP) is 8.12. The van der Waals surface area contributed by atoms with Gasteiger partial charge in [-0.2, -0.15) is 0 Å². The average molecular weight is 589 g/mol. The number of aromatic hydroxyl groups is 5. The highest BCUT2D eigenvalue weighted by molar-refractivity contribution is 5.53. The molecule has 5 aromatic carbocycles. The smallest absolute Gasteiger partial charge is 0.122 e. The Bertz CT molecular complexity index is 1740. The second kappa shape index (κ2) is 12.4. The van der Waals surface area contributed by atoms with Crippen molar-refractivity contribution >= 4 is 0 Å². The Morgan fingerprint density at radius 2 is 0.727 bits per heavy atom. The summed E-state index contributed by atoms with van der Waals surface area (Å²) in [4.78, 5) is 0. The number of rotatable bonds is 8. The number of benzene rings is 5. The van der Waals surface area contributed by atoms with Crippen LogP contribution in [0.2, 0.25) is 0 Å². The van der Waals surface area contributed by atoms with Crippen molar-refractivity contribution in [2.24, 2.45) is 0 Å². The fraction of sp³-hybridized carbons (Fsp3) is 0.231. The topological polar surface area (TPSA) is 101 Å². The lowest BCUT2D eigenvalue weighted by atomic mass is 9.91. The summed E-state index contributed by atoms with van der Waals surface area (Å²) in [6.07, 6.45) is 1.73. The van der Waals surface area contributed by atoms with Gasteiger partial charge in [0, 0.05) is 25.7 Å². The van der Waals surface area contributed by atoms with Crippen molar-refractivity contribution in [3.8, 4) is 28.7 Å². The van der Waals surface area contributed by atoms with Crippen LogP contribution in [0, 0.1) is 34.6 Å². The summed E-state index contributed by atoms with van der Waals surface area (Å²) in [5.74, 6) is 1.04. The summed E-state index contributed by atoms with van der Waals surface area (Å²) in [7, 11) is 0. The lowest BCUT2D eigenvalue weighted by Crippen LogP contribution is -2.00. The van der Waals surface area contributed by atoms with E-state index in [9.17, 15) is 25.5 Å². The summed E-state index contributed by atoms with van der Waals surface area (Å²) in [6.45, 7) is 9.67. The molecule has 5 nitrogen and oxygen atoms in total. The highest BCUT2D eigenvalue weighted by atomic mass is 16.3. The molecule has 0 saturated heterocycles. The van der Waals surface area contributed by atoms with Crippen LogP contribution in [-0.2, 0) is 25.7 Å². The Morgan fingerprint density at radius 1 is 0.364 bits per heavy atom. The minimum Gasteiger partial charge on any atom is -0.508 e. The van der Waals surface area contributed by atoms with Gasteiger partial charge >= 0.3 is 0 Å². The first-order valence-corrected chi connectivity index (χ1v) is 14.9. The Labute approximate surface area is 259 Å². The zero-order valence-electron chi connectivity index (χ0n) is 26.0. The lowest BCUT2D eigenvalue weighted by Gasteiger charge is -2.16. The number of phenols is 5. The quantitative estimate of drug-likeness (QED) is 0.126. The average Bonchev–Trinajstić information content (AvgIpc) is 2.96. The van der Waals surface area contributed by atoms with Gasteiger partial charge in [-0.3, -0.25) is 0 Å². The van der Waals surface area contributed by atoms with Crippen LogP contribution in [0.5, 0.6) is 28.7 Å². The maximum Gasteiger partial charge on any atom is 0.122 e. The van der Waals surface area contributed by atoms with E-state index in [1.54, 1.807) is 12.1 Å². The SMILES string of the molecule is Cc1ccc(O)c(Cc2cc(Cc3cc(C)cc(Cc4cc(C)c(O)c(Cc5cc(C)ccc5O)c4)c3O)cc(C)c2O)c1. The van der Waals surface area contributed by atoms with Crippen molar-refractivity contribution < 1.29 is 25.5 Å². The Hall–Kier alpha value is -4.90. The molecule has 5 N–H and O–H groups in total. The molecular weight excluding hydrogens is 548 g/mol. The van der Waals surface area contributed by atoms with E-state index in [2.05, 4.69) is 0 Å². The molecule has 5 rings (SSSR count). The molecule has 0 spiro atoms. The Balaban J connectivity index is 1.44. The molecule has 0 heterocycles. The van der Waals surface area contributed by atoms with Gasteiger partial charge in [-0.1, -0.05) is 77.4 Å². The van der Waals surface area contributed by atoms with E-state index in [1.165, 1.54) is 0 Å². The monoisotopic (exact) mass is 588 g/mol. The van der Waals surface area contributed by atoms with Crippen molar-refractivity contribution in [3.05, 3.63) is 145 Å². The third-order valence-corrected chi connectivity index (χ3v) is 8.31. The van der Waals surface area contributed by atoms with E-state index in [1.807, 2.05) is 95.3 Å². The maximum absolute atomic E-state index is 11.5. The van der Waals surface area contributed by atoms with Gasteiger partial charge in [0.1, 0.15) is 28.7 Å². The predicted molar refractivity (Wildman–Crippen MR) is 175 cm³/mol. The van der Waals surface area contributed by atoms with Crippen LogP contribution in [0.15, 0.2) is 72.8 Å². The largest absolute Gasteiger partial charge is 0.508 e. The standard InChI is InChI=1S/C39H40O5/c1-22-6-8-35(40)29(10-22)20-33-18-27(14-25(4)37(33)42)16-31-12-24(3)13-32(39(31)44)17-28-15-26(5)38(43)34(19-28)21-30-11-23(2)7-9-36(30)41/h6-15,18-19,40-44H,16-17,20-21H2,1-5H3. The van der Waals surface area contributed by atoms with Crippen molar-refractivity contribution in [1.82, 2.24) is 0 Å². The van der Waals surface area contributed by atoms with Crippen molar-refractivity contribution in [2.45, 2.75) is 60.3 Å². The zero-order valence-corrected chi connectivity index (χ0v) is 26.0.